The molecular weight excluding hydrogens is 322 g/mol. The van der Waals surface area contributed by atoms with Crippen LogP contribution in [0.3, 0.4) is 0 Å². The number of aliphatic hydroxyl groups is 2. The minimum absolute atomic E-state index is 0.0177. The van der Waals surface area contributed by atoms with Gasteiger partial charge in [0.25, 0.3) is 0 Å². The number of aliphatic hydroxyl groups excluding tert-OH is 2. The van der Waals surface area contributed by atoms with Gasteiger partial charge >= 0.3 is 5.97 Å². The minimum Gasteiger partial charge on any atom is -0.481 e. The van der Waals surface area contributed by atoms with Gasteiger partial charge < -0.3 is 15.3 Å². The summed E-state index contributed by atoms with van der Waals surface area (Å²) < 4.78 is 0. The standard InChI is InChI=1S/C19H31NO5/c1-2-3-4-5-15(21)6-7-16-17-12-14(10-13(17)11-18(16)22)20-25-9-8-19(23)24/h6-7,12-13,15-18,20-22H,2-5,8-11H2,1H3,(H,23,24)/t13-,15?,16-,17+,18-/m0/s1. The van der Waals surface area contributed by atoms with Crippen LogP contribution in [0.4, 0.5) is 0 Å². The highest BCUT2D eigenvalue weighted by atomic mass is 16.6. The molecule has 1 saturated carbocycles. The van der Waals surface area contributed by atoms with Crippen molar-refractivity contribution in [3.8, 4) is 0 Å². The molecule has 0 aromatic rings. The average Bonchev–Trinajstić information content (AvgIpc) is 3.06. The van der Waals surface area contributed by atoms with Gasteiger partial charge in [0, 0.05) is 11.6 Å². The third kappa shape index (κ3) is 6.13. The summed E-state index contributed by atoms with van der Waals surface area (Å²) >= 11 is 0. The molecule has 0 saturated heterocycles. The molecule has 2 aliphatic rings. The first-order valence-corrected chi connectivity index (χ1v) is 9.36. The van der Waals surface area contributed by atoms with Gasteiger partial charge in [0.15, 0.2) is 0 Å². The van der Waals surface area contributed by atoms with Crippen molar-refractivity contribution in [3.63, 3.8) is 0 Å². The molecule has 0 radical (unpaired) electrons. The third-order valence-corrected chi connectivity index (χ3v) is 5.13. The number of allylic oxidation sites excluding steroid dienone is 2. The molecule has 0 bridgehead atoms. The highest BCUT2D eigenvalue weighted by molar-refractivity contribution is 5.66. The van der Waals surface area contributed by atoms with E-state index >= 15 is 0 Å². The number of carboxylic acids is 1. The van der Waals surface area contributed by atoms with E-state index in [1.807, 2.05) is 12.2 Å². The van der Waals surface area contributed by atoms with Crippen molar-refractivity contribution in [2.24, 2.45) is 17.8 Å². The van der Waals surface area contributed by atoms with Gasteiger partial charge in [0.2, 0.25) is 0 Å². The number of fused-ring (bicyclic) bond motifs is 1. The van der Waals surface area contributed by atoms with Crippen molar-refractivity contribution in [3.05, 3.63) is 23.9 Å². The summed E-state index contributed by atoms with van der Waals surface area (Å²) in [5, 5.41) is 28.9. The number of nitrogens with one attached hydrogen (secondary N) is 1. The molecule has 6 heteroatoms. The zero-order valence-corrected chi connectivity index (χ0v) is 14.9. The van der Waals surface area contributed by atoms with Gasteiger partial charge in [-0.05, 0) is 31.1 Å². The molecule has 6 nitrogen and oxygen atoms in total. The average molecular weight is 353 g/mol. The fourth-order valence-corrected chi connectivity index (χ4v) is 3.82. The second-order valence-electron chi connectivity index (χ2n) is 7.16. The maximum Gasteiger partial charge on any atom is 0.305 e. The first-order chi connectivity index (χ1) is 12.0. The molecule has 2 rings (SSSR count). The Hall–Kier alpha value is -1.37. The number of carbonyl (C=O) groups is 1. The SMILES string of the molecule is CCCCCC(O)C=C[C@H]1[C@@H]2C=C(NOCCC(=O)O)C[C@H]2C[C@@H]1O. The number of hydrogen-bond acceptors (Lipinski definition) is 5. The van der Waals surface area contributed by atoms with E-state index in [0.717, 1.165) is 44.2 Å². The van der Waals surface area contributed by atoms with Crippen molar-refractivity contribution < 1.29 is 25.0 Å². The fourth-order valence-electron chi connectivity index (χ4n) is 3.82. The third-order valence-electron chi connectivity index (χ3n) is 5.13. The van der Waals surface area contributed by atoms with E-state index in [2.05, 4.69) is 18.5 Å². The fraction of sp³-hybridized carbons (Fsp3) is 0.737. The second kappa shape index (κ2) is 9.94. The van der Waals surface area contributed by atoms with Crippen molar-refractivity contribution >= 4 is 5.97 Å². The molecule has 0 aliphatic heterocycles. The van der Waals surface area contributed by atoms with Crippen molar-refractivity contribution in [2.75, 3.05) is 6.61 Å². The van der Waals surface area contributed by atoms with Crippen LogP contribution >= 0.6 is 0 Å². The zero-order valence-electron chi connectivity index (χ0n) is 14.9. The van der Waals surface area contributed by atoms with Crippen LogP contribution < -0.4 is 5.48 Å². The minimum atomic E-state index is -0.884. The summed E-state index contributed by atoms with van der Waals surface area (Å²) in [5.41, 5.74) is 3.80. The number of unbranched alkanes of at least 4 members (excludes halogenated alkanes) is 2. The summed E-state index contributed by atoms with van der Waals surface area (Å²) in [4.78, 5) is 15.7. The molecule has 5 atom stereocenters. The Morgan fingerprint density at radius 2 is 2.28 bits per heavy atom. The lowest BCUT2D eigenvalue weighted by Gasteiger charge is -2.16. The molecule has 4 N–H and O–H groups in total. The molecule has 1 unspecified atom stereocenters. The topological polar surface area (TPSA) is 99.0 Å². The summed E-state index contributed by atoms with van der Waals surface area (Å²) in [5.74, 6) is -0.263. The van der Waals surface area contributed by atoms with Crippen molar-refractivity contribution in [1.29, 1.82) is 0 Å². The first-order valence-electron chi connectivity index (χ1n) is 9.36. The predicted molar refractivity (Wildman–Crippen MR) is 94.4 cm³/mol. The molecule has 142 valence electrons. The molecule has 0 spiro atoms. The first kappa shape index (κ1) is 19.9. The molecule has 2 aliphatic carbocycles. The lowest BCUT2D eigenvalue weighted by atomic mass is 9.91. The largest absolute Gasteiger partial charge is 0.481 e. The molecule has 0 aromatic heterocycles. The highest BCUT2D eigenvalue weighted by Crippen LogP contribution is 2.46. The Morgan fingerprint density at radius 3 is 3.00 bits per heavy atom. The van der Waals surface area contributed by atoms with Gasteiger partial charge in [-0.2, -0.15) is 0 Å². The number of rotatable bonds is 11. The zero-order chi connectivity index (χ0) is 18.2. The Labute approximate surface area is 149 Å². The van der Waals surface area contributed by atoms with Gasteiger partial charge in [0.05, 0.1) is 25.2 Å². The van der Waals surface area contributed by atoms with E-state index in [4.69, 9.17) is 9.94 Å². The maximum absolute atomic E-state index is 10.5. The summed E-state index contributed by atoms with van der Waals surface area (Å²) in [6, 6.07) is 0. The predicted octanol–water partition coefficient (Wildman–Crippen LogP) is 2.38. The molecule has 0 amide bonds. The van der Waals surface area contributed by atoms with Gasteiger partial charge in [-0.1, -0.05) is 44.4 Å². The van der Waals surface area contributed by atoms with Gasteiger partial charge in [-0.3, -0.25) is 15.1 Å². The van der Waals surface area contributed by atoms with Crippen LogP contribution in [0.2, 0.25) is 0 Å². The van der Waals surface area contributed by atoms with Crippen LogP contribution in [0.1, 0.15) is 51.9 Å². The normalized spacial score (nSPS) is 29.6. The van der Waals surface area contributed by atoms with Gasteiger partial charge in [-0.15, -0.1) is 0 Å². The lowest BCUT2D eigenvalue weighted by Crippen LogP contribution is -2.18. The van der Waals surface area contributed by atoms with Crippen LogP contribution in [0.5, 0.6) is 0 Å². The Kier molecular flexibility index (Phi) is 7.93. The van der Waals surface area contributed by atoms with E-state index in [-0.39, 0.29) is 31.0 Å². The number of carboxylic acid groups (broad SMARTS) is 1. The smallest absolute Gasteiger partial charge is 0.305 e. The monoisotopic (exact) mass is 353 g/mol. The lowest BCUT2D eigenvalue weighted by molar-refractivity contribution is -0.138. The van der Waals surface area contributed by atoms with E-state index in [9.17, 15) is 15.0 Å². The number of aliphatic carboxylic acids is 1. The summed E-state index contributed by atoms with van der Waals surface area (Å²) in [6.45, 7) is 2.26. The van der Waals surface area contributed by atoms with Crippen molar-refractivity contribution in [1.82, 2.24) is 5.48 Å². The summed E-state index contributed by atoms with van der Waals surface area (Å²) in [7, 11) is 0. The summed E-state index contributed by atoms with van der Waals surface area (Å²) in [6.07, 6.45) is 10.6. The molecule has 1 fully saturated rings. The van der Waals surface area contributed by atoms with E-state index in [1.165, 1.54) is 0 Å². The van der Waals surface area contributed by atoms with E-state index in [0.29, 0.717) is 5.92 Å². The number of hydroxylamine groups is 1. The molecule has 0 aromatic carbocycles. The Bertz CT molecular complexity index is 490. The van der Waals surface area contributed by atoms with Crippen LogP contribution in [0.25, 0.3) is 0 Å². The molecule has 25 heavy (non-hydrogen) atoms. The molecular formula is C19H31NO5. The Morgan fingerprint density at radius 1 is 1.48 bits per heavy atom. The molecule has 0 heterocycles. The van der Waals surface area contributed by atoms with Crippen LogP contribution in [-0.4, -0.2) is 40.1 Å². The van der Waals surface area contributed by atoms with Gasteiger partial charge in [-0.25, -0.2) is 0 Å². The van der Waals surface area contributed by atoms with Crippen LogP contribution in [0, 0.1) is 17.8 Å². The second-order valence-corrected chi connectivity index (χ2v) is 7.16. The van der Waals surface area contributed by atoms with Crippen LogP contribution in [-0.2, 0) is 9.63 Å². The highest BCUT2D eigenvalue weighted by Gasteiger charge is 2.43. The van der Waals surface area contributed by atoms with Crippen LogP contribution in [0.15, 0.2) is 23.9 Å². The maximum atomic E-state index is 10.5. The number of hydrogen-bond donors (Lipinski definition) is 4. The van der Waals surface area contributed by atoms with Crippen molar-refractivity contribution in [2.45, 2.75) is 64.1 Å². The van der Waals surface area contributed by atoms with E-state index in [1.54, 1.807) is 0 Å². The Balaban J connectivity index is 1.82. The van der Waals surface area contributed by atoms with Gasteiger partial charge in [0.1, 0.15) is 0 Å². The van der Waals surface area contributed by atoms with E-state index < -0.39 is 12.1 Å². The quantitative estimate of drug-likeness (QED) is 0.259.